The van der Waals surface area contributed by atoms with Crippen LogP contribution in [0, 0.1) is 5.82 Å². The molecule has 108 valence electrons. The van der Waals surface area contributed by atoms with E-state index in [1.165, 1.54) is 6.07 Å². The zero-order chi connectivity index (χ0) is 14.5. The summed E-state index contributed by atoms with van der Waals surface area (Å²) in [7, 11) is 0. The fraction of sp³-hybridized carbons (Fsp3) is 0.533. The van der Waals surface area contributed by atoms with Gasteiger partial charge in [0.2, 0.25) is 0 Å². The standard InChI is InChI=1S/C15H18FNO3/c1-15(2,3)20-14(18)17-7-9-10(16)4-5-11-13(9)8-6-12(8)19-11/h4-5,8,12H,6-7H2,1-3H3,(H,17,18)/t8-,12+/m0/s1. The molecule has 1 aromatic rings. The molecule has 4 nitrogen and oxygen atoms in total. The highest BCUT2D eigenvalue weighted by atomic mass is 19.1. The van der Waals surface area contributed by atoms with Gasteiger partial charge in [-0.1, -0.05) is 0 Å². The topological polar surface area (TPSA) is 47.6 Å². The lowest BCUT2D eigenvalue weighted by Crippen LogP contribution is -2.32. The first-order valence-electron chi connectivity index (χ1n) is 6.80. The average Bonchev–Trinajstić information content (AvgIpc) is 2.99. The third-order valence-electron chi connectivity index (χ3n) is 3.45. The maximum Gasteiger partial charge on any atom is 0.407 e. The summed E-state index contributed by atoms with van der Waals surface area (Å²) in [5.41, 5.74) is 0.857. The predicted molar refractivity (Wildman–Crippen MR) is 71.2 cm³/mol. The van der Waals surface area contributed by atoms with Crippen LogP contribution in [0.25, 0.3) is 0 Å². The van der Waals surface area contributed by atoms with Crippen LogP contribution in [0.2, 0.25) is 0 Å². The maximum atomic E-state index is 14.0. The fourth-order valence-corrected chi connectivity index (χ4v) is 2.55. The summed E-state index contributed by atoms with van der Waals surface area (Å²) in [6, 6.07) is 3.05. The average molecular weight is 279 g/mol. The van der Waals surface area contributed by atoms with Gasteiger partial charge in [0.15, 0.2) is 0 Å². The predicted octanol–water partition coefficient (Wildman–Crippen LogP) is 3.10. The highest BCUT2D eigenvalue weighted by Crippen LogP contribution is 2.55. The Morgan fingerprint density at radius 3 is 2.95 bits per heavy atom. The molecule has 0 radical (unpaired) electrons. The molecule has 0 spiro atoms. The molecule has 3 rings (SSSR count). The van der Waals surface area contributed by atoms with Gasteiger partial charge in [-0.15, -0.1) is 0 Å². The second kappa shape index (κ2) is 4.36. The highest BCUT2D eigenvalue weighted by molar-refractivity contribution is 5.68. The van der Waals surface area contributed by atoms with E-state index in [0.29, 0.717) is 5.56 Å². The molecule has 1 N–H and O–H groups in total. The van der Waals surface area contributed by atoms with E-state index in [1.807, 2.05) is 0 Å². The molecule has 1 aliphatic heterocycles. The summed E-state index contributed by atoms with van der Waals surface area (Å²) >= 11 is 0. The van der Waals surface area contributed by atoms with E-state index in [1.54, 1.807) is 26.8 Å². The molecular formula is C15H18FNO3. The number of alkyl carbamates (subject to hydrolysis) is 1. The van der Waals surface area contributed by atoms with Gasteiger partial charge in [-0.25, -0.2) is 9.18 Å². The van der Waals surface area contributed by atoms with Crippen molar-refractivity contribution in [3.8, 4) is 5.75 Å². The molecule has 0 unspecified atom stereocenters. The maximum absolute atomic E-state index is 14.0. The number of halogens is 1. The number of benzene rings is 1. The van der Waals surface area contributed by atoms with Crippen molar-refractivity contribution in [1.82, 2.24) is 5.32 Å². The SMILES string of the molecule is CC(C)(C)OC(=O)NCc1c(F)ccc2c1[C@H]1C[C@H]1O2. The molecule has 20 heavy (non-hydrogen) atoms. The van der Waals surface area contributed by atoms with Crippen molar-refractivity contribution in [3.63, 3.8) is 0 Å². The molecule has 1 aliphatic carbocycles. The van der Waals surface area contributed by atoms with Crippen molar-refractivity contribution < 1.29 is 18.7 Å². The second-order valence-corrected chi connectivity index (χ2v) is 6.29. The van der Waals surface area contributed by atoms with Gasteiger partial charge >= 0.3 is 6.09 Å². The van der Waals surface area contributed by atoms with Crippen LogP contribution in [-0.4, -0.2) is 17.8 Å². The van der Waals surface area contributed by atoms with Crippen LogP contribution in [0.15, 0.2) is 12.1 Å². The molecule has 5 heteroatoms. The number of carbonyl (C=O) groups excluding carboxylic acids is 1. The van der Waals surface area contributed by atoms with Crippen molar-refractivity contribution >= 4 is 6.09 Å². The van der Waals surface area contributed by atoms with Crippen LogP contribution in [0.4, 0.5) is 9.18 Å². The quantitative estimate of drug-likeness (QED) is 0.905. The Hall–Kier alpha value is -1.78. The second-order valence-electron chi connectivity index (χ2n) is 6.29. The number of ether oxygens (including phenoxy) is 2. The van der Waals surface area contributed by atoms with Crippen LogP contribution < -0.4 is 10.1 Å². The van der Waals surface area contributed by atoms with E-state index >= 15 is 0 Å². The largest absolute Gasteiger partial charge is 0.489 e. The van der Waals surface area contributed by atoms with Crippen molar-refractivity contribution in [2.45, 2.75) is 51.4 Å². The number of rotatable bonds is 2. The highest BCUT2D eigenvalue weighted by Gasteiger charge is 2.49. The Kier molecular flexibility index (Phi) is 2.88. The van der Waals surface area contributed by atoms with Gasteiger partial charge in [0.25, 0.3) is 0 Å². The lowest BCUT2D eigenvalue weighted by atomic mass is 10.0. The zero-order valence-corrected chi connectivity index (χ0v) is 11.8. The minimum Gasteiger partial charge on any atom is -0.489 e. The third-order valence-corrected chi connectivity index (χ3v) is 3.45. The van der Waals surface area contributed by atoms with Crippen LogP contribution >= 0.6 is 0 Å². The number of carbonyl (C=O) groups is 1. The van der Waals surface area contributed by atoms with Crippen LogP contribution in [-0.2, 0) is 11.3 Å². The first-order valence-corrected chi connectivity index (χ1v) is 6.80. The van der Waals surface area contributed by atoms with Crippen molar-refractivity contribution in [2.24, 2.45) is 0 Å². The van der Waals surface area contributed by atoms with Crippen LogP contribution in [0.5, 0.6) is 5.75 Å². The third kappa shape index (κ3) is 2.44. The van der Waals surface area contributed by atoms with Crippen molar-refractivity contribution in [2.75, 3.05) is 0 Å². The van der Waals surface area contributed by atoms with E-state index in [4.69, 9.17) is 9.47 Å². The van der Waals surface area contributed by atoms with E-state index in [9.17, 15) is 9.18 Å². The number of amides is 1. The van der Waals surface area contributed by atoms with Gasteiger partial charge in [0.1, 0.15) is 23.3 Å². The first-order chi connectivity index (χ1) is 9.35. The summed E-state index contributed by atoms with van der Waals surface area (Å²) in [5.74, 6) is 0.723. The normalized spacial score (nSPS) is 22.6. The van der Waals surface area contributed by atoms with Crippen molar-refractivity contribution in [1.29, 1.82) is 0 Å². The Morgan fingerprint density at radius 1 is 1.50 bits per heavy atom. The van der Waals surface area contributed by atoms with E-state index in [2.05, 4.69) is 5.32 Å². The van der Waals surface area contributed by atoms with Gasteiger partial charge in [-0.3, -0.25) is 0 Å². The monoisotopic (exact) mass is 279 g/mol. The molecule has 1 amide bonds. The summed E-state index contributed by atoms with van der Waals surface area (Å²) in [6.07, 6.45) is 0.600. The molecule has 1 fully saturated rings. The Morgan fingerprint density at radius 2 is 2.25 bits per heavy atom. The molecule has 0 aromatic heterocycles. The van der Waals surface area contributed by atoms with Crippen LogP contribution in [0.1, 0.15) is 44.2 Å². The minimum absolute atomic E-state index is 0.122. The molecule has 1 aromatic carbocycles. The molecule has 0 bridgehead atoms. The van der Waals surface area contributed by atoms with Gasteiger partial charge in [0, 0.05) is 23.6 Å². The minimum atomic E-state index is -0.564. The first kappa shape index (κ1) is 13.2. The molecule has 1 heterocycles. The Balaban J connectivity index is 1.72. The molecule has 1 saturated carbocycles. The molecule has 2 aliphatic rings. The number of hydrogen-bond donors (Lipinski definition) is 1. The Labute approximate surface area is 117 Å². The van der Waals surface area contributed by atoms with Gasteiger partial charge < -0.3 is 14.8 Å². The number of hydrogen-bond acceptors (Lipinski definition) is 3. The van der Waals surface area contributed by atoms with Crippen molar-refractivity contribution in [3.05, 3.63) is 29.1 Å². The lowest BCUT2D eigenvalue weighted by molar-refractivity contribution is 0.0523. The zero-order valence-electron chi connectivity index (χ0n) is 11.8. The fourth-order valence-electron chi connectivity index (χ4n) is 2.55. The molecular weight excluding hydrogens is 261 g/mol. The molecule has 0 saturated heterocycles. The summed E-state index contributed by atoms with van der Waals surface area (Å²) < 4.78 is 24.8. The smallest absolute Gasteiger partial charge is 0.407 e. The number of fused-ring (bicyclic) bond motifs is 3. The summed E-state index contributed by atoms with van der Waals surface area (Å²) in [4.78, 5) is 11.6. The summed E-state index contributed by atoms with van der Waals surface area (Å²) in [6.45, 7) is 5.48. The van der Waals surface area contributed by atoms with Crippen LogP contribution in [0.3, 0.4) is 0 Å². The molecule has 2 atom stereocenters. The van der Waals surface area contributed by atoms with E-state index < -0.39 is 11.7 Å². The van der Waals surface area contributed by atoms with E-state index in [0.717, 1.165) is 17.7 Å². The van der Waals surface area contributed by atoms with E-state index in [-0.39, 0.29) is 24.4 Å². The van der Waals surface area contributed by atoms with Gasteiger partial charge in [-0.2, -0.15) is 0 Å². The van der Waals surface area contributed by atoms with Gasteiger partial charge in [0.05, 0.1) is 0 Å². The number of nitrogens with one attached hydrogen (secondary N) is 1. The summed E-state index contributed by atoms with van der Waals surface area (Å²) in [5, 5.41) is 2.61. The van der Waals surface area contributed by atoms with Gasteiger partial charge in [-0.05, 0) is 39.3 Å². The lowest BCUT2D eigenvalue weighted by Gasteiger charge is -2.20. The Bertz CT molecular complexity index is 565.